The maximum absolute atomic E-state index is 13.2. The van der Waals surface area contributed by atoms with Gasteiger partial charge in [-0.25, -0.2) is 9.37 Å². The molecule has 1 aliphatic rings. The second-order valence-corrected chi connectivity index (χ2v) is 6.34. The van der Waals surface area contributed by atoms with Crippen LogP contribution in [0.1, 0.15) is 25.4 Å². The molecule has 0 unspecified atom stereocenters. The molecule has 1 aliphatic heterocycles. The van der Waals surface area contributed by atoms with Gasteiger partial charge >= 0.3 is 0 Å². The zero-order valence-electron chi connectivity index (χ0n) is 13.6. The van der Waals surface area contributed by atoms with E-state index in [0.717, 1.165) is 22.8 Å². The number of halogens is 1. The van der Waals surface area contributed by atoms with E-state index in [9.17, 15) is 9.18 Å². The molecule has 0 radical (unpaired) electrons. The van der Waals surface area contributed by atoms with Gasteiger partial charge in [0.2, 0.25) is 5.91 Å². The quantitative estimate of drug-likeness (QED) is 0.922. The van der Waals surface area contributed by atoms with Gasteiger partial charge in [-0.2, -0.15) is 0 Å². The highest BCUT2D eigenvalue weighted by molar-refractivity contribution is 5.79. The molecule has 0 bridgehead atoms. The molecule has 122 valence electrons. The largest absolute Gasteiger partial charge is 0.328 e. The maximum Gasteiger partial charge on any atom is 0.237 e. The number of hydrogen-bond donors (Lipinski definition) is 1. The number of nitrogens with two attached hydrogens (primary N) is 1. The van der Waals surface area contributed by atoms with Crippen molar-refractivity contribution in [2.45, 2.75) is 32.9 Å². The van der Waals surface area contributed by atoms with E-state index < -0.39 is 5.54 Å². The summed E-state index contributed by atoms with van der Waals surface area (Å²) in [5, 5.41) is 0. The molecular weight excluding hydrogens is 295 g/mol. The minimum Gasteiger partial charge on any atom is -0.328 e. The fraction of sp³-hybridized carbons (Fsp3) is 0.412. The highest BCUT2D eigenvalue weighted by Crippen LogP contribution is 2.35. The van der Waals surface area contributed by atoms with Crippen molar-refractivity contribution in [3.63, 3.8) is 0 Å². The minimum absolute atomic E-state index is 0.00601. The highest BCUT2D eigenvalue weighted by atomic mass is 19.1. The number of imidazole rings is 1. The van der Waals surface area contributed by atoms with Gasteiger partial charge in [0.05, 0.1) is 17.8 Å². The van der Waals surface area contributed by atoms with Crippen LogP contribution < -0.4 is 5.73 Å². The summed E-state index contributed by atoms with van der Waals surface area (Å²) in [4.78, 5) is 18.7. The third-order valence-electron chi connectivity index (χ3n) is 4.58. The van der Waals surface area contributed by atoms with Crippen LogP contribution in [0.3, 0.4) is 0 Å². The Morgan fingerprint density at radius 2 is 1.96 bits per heavy atom. The van der Waals surface area contributed by atoms with Crippen LogP contribution in [0.25, 0.3) is 11.3 Å². The maximum atomic E-state index is 13.2. The summed E-state index contributed by atoms with van der Waals surface area (Å²) in [6.45, 7) is 7.25. The number of rotatable bonds is 2. The van der Waals surface area contributed by atoms with E-state index in [1.807, 2.05) is 20.8 Å². The molecule has 2 N–H and O–H groups in total. The van der Waals surface area contributed by atoms with Crippen LogP contribution in [-0.4, -0.2) is 33.4 Å². The first-order chi connectivity index (χ1) is 10.9. The number of fused-ring (bicyclic) bond motifs is 1. The van der Waals surface area contributed by atoms with Crippen molar-refractivity contribution >= 4 is 5.91 Å². The van der Waals surface area contributed by atoms with Gasteiger partial charge < -0.3 is 15.2 Å². The molecule has 0 saturated heterocycles. The Balaban J connectivity index is 2.09. The topological polar surface area (TPSA) is 64.2 Å². The third kappa shape index (κ3) is 2.43. The summed E-state index contributed by atoms with van der Waals surface area (Å²) < 4.78 is 15.3. The molecule has 0 aliphatic carbocycles. The molecule has 0 saturated carbocycles. The van der Waals surface area contributed by atoms with E-state index in [1.165, 1.54) is 12.1 Å². The van der Waals surface area contributed by atoms with Gasteiger partial charge in [0, 0.05) is 24.3 Å². The van der Waals surface area contributed by atoms with E-state index in [1.54, 1.807) is 17.0 Å². The van der Waals surface area contributed by atoms with Crippen molar-refractivity contribution in [2.24, 2.45) is 5.73 Å². The third-order valence-corrected chi connectivity index (χ3v) is 4.58. The summed E-state index contributed by atoms with van der Waals surface area (Å²) in [7, 11) is 0. The first-order valence-corrected chi connectivity index (χ1v) is 7.70. The molecule has 2 aromatic rings. The molecule has 5 nitrogen and oxygen atoms in total. The number of carbonyl (C=O) groups is 1. The van der Waals surface area contributed by atoms with Crippen molar-refractivity contribution in [1.82, 2.24) is 14.5 Å². The van der Waals surface area contributed by atoms with Gasteiger partial charge in [-0.1, -0.05) is 0 Å². The standard InChI is InChI=1S/C17H21FN4O/c1-11-15(12-4-6-13(18)7-5-12)20-16-17(2,3)22(14(23)10-19)9-8-21(11)16/h4-7H,8-10,19H2,1-3H3. The number of carbonyl (C=O) groups excluding carboxylic acids is 1. The molecule has 0 atom stereocenters. The smallest absolute Gasteiger partial charge is 0.237 e. The van der Waals surface area contributed by atoms with Gasteiger partial charge in [-0.05, 0) is 45.0 Å². The Kier molecular flexibility index (Phi) is 3.72. The van der Waals surface area contributed by atoms with Crippen LogP contribution in [0, 0.1) is 12.7 Å². The molecule has 0 fully saturated rings. The molecule has 2 heterocycles. The lowest BCUT2D eigenvalue weighted by Gasteiger charge is -2.42. The molecule has 1 aromatic carbocycles. The van der Waals surface area contributed by atoms with Crippen molar-refractivity contribution in [3.8, 4) is 11.3 Å². The zero-order chi connectivity index (χ0) is 16.8. The van der Waals surface area contributed by atoms with Crippen LogP contribution >= 0.6 is 0 Å². The Labute approximate surface area is 134 Å². The number of amides is 1. The monoisotopic (exact) mass is 316 g/mol. The van der Waals surface area contributed by atoms with Gasteiger partial charge in [-0.3, -0.25) is 4.79 Å². The molecule has 6 heteroatoms. The SMILES string of the molecule is Cc1c(-c2ccc(F)cc2)nc2n1CCN(C(=O)CN)C2(C)C. The second-order valence-electron chi connectivity index (χ2n) is 6.34. The zero-order valence-corrected chi connectivity index (χ0v) is 13.6. The fourth-order valence-electron chi connectivity index (χ4n) is 3.30. The first-order valence-electron chi connectivity index (χ1n) is 7.70. The molecule has 1 amide bonds. The molecule has 23 heavy (non-hydrogen) atoms. The average molecular weight is 316 g/mol. The Hall–Kier alpha value is -2.21. The van der Waals surface area contributed by atoms with Gasteiger partial charge in [-0.15, -0.1) is 0 Å². The van der Waals surface area contributed by atoms with E-state index >= 15 is 0 Å². The molecule has 0 spiro atoms. The van der Waals surface area contributed by atoms with Gasteiger partial charge in [0.1, 0.15) is 11.6 Å². The number of benzene rings is 1. The molecular formula is C17H21FN4O. The first kappa shape index (κ1) is 15.7. The summed E-state index contributed by atoms with van der Waals surface area (Å²) in [6.07, 6.45) is 0. The van der Waals surface area contributed by atoms with Crippen molar-refractivity contribution in [1.29, 1.82) is 0 Å². The lowest BCUT2D eigenvalue weighted by Crippen LogP contribution is -2.53. The van der Waals surface area contributed by atoms with Crippen LogP contribution in [0.2, 0.25) is 0 Å². The number of nitrogens with zero attached hydrogens (tertiary/aromatic N) is 3. The average Bonchev–Trinajstić information content (AvgIpc) is 2.86. The van der Waals surface area contributed by atoms with Crippen molar-refractivity contribution in [2.75, 3.05) is 13.1 Å². The van der Waals surface area contributed by atoms with Gasteiger partial charge in [0.15, 0.2) is 0 Å². The molecule has 1 aromatic heterocycles. The van der Waals surface area contributed by atoms with E-state index in [4.69, 9.17) is 10.7 Å². The van der Waals surface area contributed by atoms with E-state index in [0.29, 0.717) is 13.1 Å². The summed E-state index contributed by atoms with van der Waals surface area (Å²) in [5.74, 6) is 0.489. The fourth-order valence-corrected chi connectivity index (χ4v) is 3.30. The van der Waals surface area contributed by atoms with E-state index in [-0.39, 0.29) is 18.3 Å². The Morgan fingerprint density at radius 3 is 2.57 bits per heavy atom. The van der Waals surface area contributed by atoms with Gasteiger partial charge in [0.25, 0.3) is 0 Å². The normalized spacial score (nSPS) is 16.3. The highest BCUT2D eigenvalue weighted by Gasteiger charge is 2.40. The summed E-state index contributed by atoms with van der Waals surface area (Å²) >= 11 is 0. The number of aromatic nitrogens is 2. The lowest BCUT2D eigenvalue weighted by atomic mass is 9.99. The molecule has 3 rings (SSSR count). The number of hydrogen-bond acceptors (Lipinski definition) is 3. The minimum atomic E-state index is -0.530. The predicted molar refractivity (Wildman–Crippen MR) is 86.2 cm³/mol. The van der Waals surface area contributed by atoms with Crippen LogP contribution in [0.5, 0.6) is 0 Å². The Morgan fingerprint density at radius 1 is 1.30 bits per heavy atom. The second kappa shape index (κ2) is 5.45. The van der Waals surface area contributed by atoms with Crippen molar-refractivity contribution in [3.05, 3.63) is 41.6 Å². The summed E-state index contributed by atoms with van der Waals surface area (Å²) in [5.41, 5.74) is 7.73. The lowest BCUT2D eigenvalue weighted by molar-refractivity contribution is -0.137. The summed E-state index contributed by atoms with van der Waals surface area (Å²) in [6, 6.07) is 6.32. The Bertz CT molecular complexity index is 749. The van der Waals surface area contributed by atoms with Crippen molar-refractivity contribution < 1.29 is 9.18 Å². The predicted octanol–water partition coefficient (Wildman–Crippen LogP) is 2.03. The van der Waals surface area contributed by atoms with E-state index in [2.05, 4.69) is 4.57 Å². The van der Waals surface area contributed by atoms with Crippen LogP contribution in [0.15, 0.2) is 24.3 Å². The van der Waals surface area contributed by atoms with Crippen LogP contribution in [-0.2, 0) is 16.9 Å². The van der Waals surface area contributed by atoms with Crippen LogP contribution in [0.4, 0.5) is 4.39 Å².